The summed E-state index contributed by atoms with van der Waals surface area (Å²) in [6.07, 6.45) is 1.51. The quantitative estimate of drug-likeness (QED) is 0.798. The largest absolute Gasteiger partial charge is 0.416 e. The molecule has 18 heavy (non-hydrogen) atoms. The van der Waals surface area contributed by atoms with Crippen molar-refractivity contribution in [3.63, 3.8) is 0 Å². The van der Waals surface area contributed by atoms with Crippen LogP contribution in [0.4, 0.5) is 19.0 Å². The molecule has 0 aliphatic rings. The molecular weight excluding hydrogens is 247 g/mol. The van der Waals surface area contributed by atoms with E-state index < -0.39 is 17.6 Å². The van der Waals surface area contributed by atoms with Gasteiger partial charge in [-0.3, -0.25) is 4.79 Å². The number of hydrogen-bond donors (Lipinski definition) is 2. The lowest BCUT2D eigenvalue weighted by atomic mass is 10.2. The molecule has 0 aliphatic carbocycles. The number of amides is 1. The molecule has 96 valence electrons. The summed E-state index contributed by atoms with van der Waals surface area (Å²) in [5.74, 6) is 1.75. The highest BCUT2D eigenvalue weighted by Gasteiger charge is 2.30. The Morgan fingerprint density at radius 2 is 2.22 bits per heavy atom. The van der Waals surface area contributed by atoms with Crippen LogP contribution >= 0.6 is 0 Å². The van der Waals surface area contributed by atoms with Crippen LogP contribution in [0.5, 0.6) is 0 Å². The molecule has 1 rings (SSSR count). The van der Waals surface area contributed by atoms with E-state index in [1.807, 2.05) is 0 Å². The molecule has 1 amide bonds. The molecule has 7 heteroatoms. The maximum Gasteiger partial charge on any atom is 0.416 e. The van der Waals surface area contributed by atoms with Crippen molar-refractivity contribution in [2.24, 2.45) is 0 Å². The highest BCUT2D eigenvalue weighted by Crippen LogP contribution is 2.29. The van der Waals surface area contributed by atoms with Gasteiger partial charge in [-0.25, -0.2) is 4.98 Å². The third kappa shape index (κ3) is 4.33. The first kappa shape index (κ1) is 13.8. The number of hydrogen-bond acceptors (Lipinski definition) is 3. The summed E-state index contributed by atoms with van der Waals surface area (Å²) < 4.78 is 37.1. The predicted molar refractivity (Wildman–Crippen MR) is 59.6 cm³/mol. The Hall–Kier alpha value is -2.23. The fourth-order valence-corrected chi connectivity index (χ4v) is 1.09. The van der Waals surface area contributed by atoms with Crippen molar-refractivity contribution in [1.82, 2.24) is 10.3 Å². The predicted octanol–water partition coefficient (Wildman–Crippen LogP) is 1.26. The molecule has 0 bridgehead atoms. The fraction of sp³-hybridized carbons (Fsp3) is 0.273. The first-order valence-corrected chi connectivity index (χ1v) is 4.91. The van der Waals surface area contributed by atoms with E-state index in [0.717, 1.165) is 18.3 Å². The highest BCUT2D eigenvalue weighted by molar-refractivity contribution is 5.80. The van der Waals surface area contributed by atoms with Crippen molar-refractivity contribution in [2.45, 2.75) is 6.18 Å². The third-order valence-corrected chi connectivity index (χ3v) is 1.90. The van der Waals surface area contributed by atoms with Gasteiger partial charge in [-0.05, 0) is 12.1 Å². The van der Waals surface area contributed by atoms with Crippen molar-refractivity contribution in [1.29, 1.82) is 0 Å². The Balaban J connectivity index is 2.58. The number of halogens is 3. The number of alkyl halides is 3. The topological polar surface area (TPSA) is 54.0 Å². The van der Waals surface area contributed by atoms with Crippen LogP contribution < -0.4 is 10.6 Å². The van der Waals surface area contributed by atoms with E-state index in [9.17, 15) is 18.0 Å². The molecule has 0 saturated heterocycles. The summed E-state index contributed by atoms with van der Waals surface area (Å²) in [6.45, 7) is -0.132. The summed E-state index contributed by atoms with van der Waals surface area (Å²) in [5, 5.41) is 4.83. The zero-order valence-corrected chi connectivity index (χ0v) is 9.21. The third-order valence-electron chi connectivity index (χ3n) is 1.90. The van der Waals surface area contributed by atoms with Crippen molar-refractivity contribution in [3.8, 4) is 12.3 Å². The molecule has 2 N–H and O–H groups in total. The molecule has 0 aliphatic heterocycles. The average molecular weight is 257 g/mol. The molecule has 0 radical (unpaired) electrons. The number of nitrogens with zero attached hydrogens (tertiary/aromatic N) is 1. The van der Waals surface area contributed by atoms with E-state index in [1.54, 1.807) is 0 Å². The number of rotatable bonds is 4. The molecular formula is C11H10F3N3O. The lowest BCUT2D eigenvalue weighted by Gasteiger charge is -2.09. The monoisotopic (exact) mass is 257 g/mol. The minimum absolute atomic E-state index is 0.0271. The molecule has 0 atom stereocenters. The second-order valence-corrected chi connectivity index (χ2v) is 3.26. The molecule has 0 fully saturated rings. The van der Waals surface area contributed by atoms with Gasteiger partial charge in [-0.1, -0.05) is 5.92 Å². The Morgan fingerprint density at radius 1 is 1.50 bits per heavy atom. The molecule has 1 heterocycles. The van der Waals surface area contributed by atoms with Crippen molar-refractivity contribution in [3.05, 3.63) is 23.9 Å². The van der Waals surface area contributed by atoms with E-state index in [-0.39, 0.29) is 18.9 Å². The second kappa shape index (κ2) is 5.91. The molecule has 0 aromatic carbocycles. The molecule has 1 aromatic rings. The van der Waals surface area contributed by atoms with Gasteiger partial charge in [0.05, 0.1) is 18.7 Å². The van der Waals surface area contributed by atoms with Gasteiger partial charge >= 0.3 is 6.18 Å². The molecule has 0 unspecified atom stereocenters. The SMILES string of the molecule is C#CCNC(=O)CNc1cc(C(F)(F)F)ccn1. The Kier molecular flexibility index (Phi) is 4.54. The number of pyridine rings is 1. The normalized spacial score (nSPS) is 10.6. The van der Waals surface area contributed by atoms with Gasteiger partial charge in [0, 0.05) is 6.20 Å². The fourth-order valence-electron chi connectivity index (χ4n) is 1.09. The minimum atomic E-state index is -4.44. The van der Waals surface area contributed by atoms with Gasteiger partial charge in [0.25, 0.3) is 0 Å². The Labute approximate surface area is 102 Å². The maximum absolute atomic E-state index is 12.4. The minimum Gasteiger partial charge on any atom is -0.361 e. The van der Waals surface area contributed by atoms with Crippen LogP contribution in [-0.2, 0) is 11.0 Å². The van der Waals surface area contributed by atoms with Crippen molar-refractivity contribution in [2.75, 3.05) is 18.4 Å². The summed E-state index contributed by atoms with van der Waals surface area (Å²) in [6, 6.07) is 1.68. The van der Waals surface area contributed by atoms with Gasteiger partial charge in [0.15, 0.2) is 0 Å². The molecule has 4 nitrogen and oxygen atoms in total. The van der Waals surface area contributed by atoms with E-state index >= 15 is 0 Å². The van der Waals surface area contributed by atoms with Gasteiger partial charge < -0.3 is 10.6 Å². The van der Waals surface area contributed by atoms with E-state index in [0.29, 0.717) is 0 Å². The first-order valence-electron chi connectivity index (χ1n) is 4.91. The van der Waals surface area contributed by atoms with Gasteiger partial charge in [-0.15, -0.1) is 6.42 Å². The van der Waals surface area contributed by atoms with Gasteiger partial charge in [0.1, 0.15) is 5.82 Å². The number of carbonyl (C=O) groups excluding carboxylic acids is 1. The highest BCUT2D eigenvalue weighted by atomic mass is 19.4. The van der Waals surface area contributed by atoms with Crippen LogP contribution in [0.15, 0.2) is 18.3 Å². The van der Waals surface area contributed by atoms with Crippen LogP contribution in [0, 0.1) is 12.3 Å². The van der Waals surface area contributed by atoms with Gasteiger partial charge in [0.2, 0.25) is 5.91 Å². The summed E-state index contributed by atoms with van der Waals surface area (Å²) >= 11 is 0. The molecule has 1 aromatic heterocycles. The summed E-state index contributed by atoms with van der Waals surface area (Å²) in [4.78, 5) is 14.8. The molecule has 0 spiro atoms. The maximum atomic E-state index is 12.4. The van der Waals surface area contributed by atoms with E-state index in [1.165, 1.54) is 0 Å². The number of terminal acetylenes is 1. The van der Waals surface area contributed by atoms with Crippen LogP contribution in [0.1, 0.15) is 5.56 Å². The number of nitrogens with one attached hydrogen (secondary N) is 2. The smallest absolute Gasteiger partial charge is 0.361 e. The first-order chi connectivity index (χ1) is 8.43. The average Bonchev–Trinajstić information content (AvgIpc) is 2.33. The van der Waals surface area contributed by atoms with Crippen LogP contribution in [0.2, 0.25) is 0 Å². The van der Waals surface area contributed by atoms with Gasteiger partial charge in [-0.2, -0.15) is 13.2 Å². The second-order valence-electron chi connectivity index (χ2n) is 3.26. The van der Waals surface area contributed by atoms with Crippen LogP contribution in [0.25, 0.3) is 0 Å². The Bertz CT molecular complexity index is 465. The van der Waals surface area contributed by atoms with Crippen molar-refractivity contribution < 1.29 is 18.0 Å². The number of aromatic nitrogens is 1. The van der Waals surface area contributed by atoms with E-state index in [4.69, 9.17) is 6.42 Å². The number of anilines is 1. The number of carbonyl (C=O) groups is 1. The van der Waals surface area contributed by atoms with Crippen molar-refractivity contribution >= 4 is 11.7 Å². The van der Waals surface area contributed by atoms with E-state index in [2.05, 4.69) is 21.5 Å². The zero-order chi connectivity index (χ0) is 13.6. The summed E-state index contributed by atoms with van der Waals surface area (Å²) in [5.41, 5.74) is -0.830. The van der Waals surface area contributed by atoms with Crippen LogP contribution in [-0.4, -0.2) is 24.0 Å². The zero-order valence-electron chi connectivity index (χ0n) is 9.21. The lowest BCUT2D eigenvalue weighted by molar-refractivity contribution is -0.137. The van der Waals surface area contributed by atoms with Crippen LogP contribution in [0.3, 0.4) is 0 Å². The summed E-state index contributed by atoms with van der Waals surface area (Å²) in [7, 11) is 0. The lowest BCUT2D eigenvalue weighted by Crippen LogP contribution is -2.30. The molecule has 0 saturated carbocycles. The standard InChI is InChI=1S/C11H10F3N3O/c1-2-4-16-10(18)7-17-9-6-8(3-5-15-9)11(12,13)14/h1,3,5-6H,4,7H2,(H,15,17)(H,16,18). The Morgan fingerprint density at radius 3 is 2.83 bits per heavy atom.